The lowest BCUT2D eigenvalue weighted by molar-refractivity contribution is -0.153. The van der Waals surface area contributed by atoms with E-state index in [4.69, 9.17) is 0 Å². The number of halogens is 3. The summed E-state index contributed by atoms with van der Waals surface area (Å²) in [6.07, 6.45) is -2.38. The summed E-state index contributed by atoms with van der Waals surface area (Å²) in [5.74, 6) is -0.564. The molecule has 0 aliphatic heterocycles. The fraction of sp³-hybridized carbons (Fsp3) is 0.667. The van der Waals surface area contributed by atoms with Gasteiger partial charge >= 0.3 is 6.18 Å². The van der Waals surface area contributed by atoms with Crippen LogP contribution in [0.5, 0.6) is 0 Å². The average molecular weight is 248 g/mol. The van der Waals surface area contributed by atoms with Gasteiger partial charge in [0.25, 0.3) is 0 Å². The summed E-state index contributed by atoms with van der Waals surface area (Å²) < 4.78 is 37.5. The molecule has 1 saturated carbocycles. The van der Waals surface area contributed by atoms with E-state index in [9.17, 15) is 18.0 Å². The molecule has 0 atom stereocenters. The van der Waals surface area contributed by atoms with E-state index in [0.29, 0.717) is 11.9 Å². The van der Waals surface area contributed by atoms with Gasteiger partial charge in [-0.15, -0.1) is 10.2 Å². The molecule has 1 fully saturated rings. The smallest absolute Gasteiger partial charge is 0.349 e. The van der Waals surface area contributed by atoms with Crippen LogP contribution in [0.4, 0.5) is 13.2 Å². The van der Waals surface area contributed by atoms with Crippen molar-refractivity contribution in [2.75, 3.05) is 0 Å². The van der Waals surface area contributed by atoms with Crippen LogP contribution in [-0.4, -0.2) is 26.8 Å². The number of nitrogens with one attached hydrogen (secondary N) is 1. The second-order valence-corrected chi connectivity index (χ2v) is 3.95. The predicted octanol–water partition coefficient (Wildman–Crippen LogP) is 1.18. The van der Waals surface area contributed by atoms with Gasteiger partial charge in [0.15, 0.2) is 5.82 Å². The zero-order valence-electron chi connectivity index (χ0n) is 8.87. The summed E-state index contributed by atoms with van der Waals surface area (Å²) in [4.78, 5) is 11.0. The van der Waals surface area contributed by atoms with Crippen molar-refractivity contribution in [3.63, 3.8) is 0 Å². The van der Waals surface area contributed by atoms with E-state index in [1.165, 1.54) is 6.33 Å². The normalized spacial score (nSPS) is 15.9. The number of amides is 1. The van der Waals surface area contributed by atoms with Crippen molar-refractivity contribution in [3.8, 4) is 0 Å². The SMILES string of the molecule is O=C(CC(F)(F)F)NCc1nncn1C1CC1. The molecule has 0 saturated heterocycles. The van der Waals surface area contributed by atoms with Gasteiger partial charge in [0, 0.05) is 6.04 Å². The summed E-state index contributed by atoms with van der Waals surface area (Å²) in [5.41, 5.74) is 0. The Morgan fingerprint density at radius 3 is 2.82 bits per heavy atom. The molecule has 1 aliphatic carbocycles. The molecule has 0 unspecified atom stereocenters. The fourth-order valence-corrected chi connectivity index (χ4v) is 1.47. The van der Waals surface area contributed by atoms with E-state index in [1.807, 2.05) is 0 Å². The Balaban J connectivity index is 1.85. The van der Waals surface area contributed by atoms with E-state index in [1.54, 1.807) is 4.57 Å². The van der Waals surface area contributed by atoms with Crippen molar-refractivity contribution >= 4 is 5.91 Å². The van der Waals surface area contributed by atoms with E-state index < -0.39 is 18.5 Å². The van der Waals surface area contributed by atoms with Crippen LogP contribution < -0.4 is 5.32 Å². The molecule has 0 radical (unpaired) electrons. The minimum absolute atomic E-state index is 0.0224. The van der Waals surface area contributed by atoms with Gasteiger partial charge in [-0.1, -0.05) is 0 Å². The first-order chi connectivity index (χ1) is 7.96. The molecule has 94 valence electrons. The lowest BCUT2D eigenvalue weighted by atomic mass is 10.4. The third kappa shape index (κ3) is 3.43. The maximum atomic E-state index is 11.9. The average Bonchev–Trinajstić information content (AvgIpc) is 2.92. The van der Waals surface area contributed by atoms with Crippen LogP contribution in [0.3, 0.4) is 0 Å². The summed E-state index contributed by atoms with van der Waals surface area (Å²) in [5, 5.41) is 9.62. The predicted molar refractivity (Wildman–Crippen MR) is 50.8 cm³/mol. The van der Waals surface area contributed by atoms with Gasteiger partial charge in [-0.3, -0.25) is 4.79 Å². The van der Waals surface area contributed by atoms with Gasteiger partial charge in [0.1, 0.15) is 12.7 Å². The largest absolute Gasteiger partial charge is 0.397 e. The summed E-state index contributed by atoms with van der Waals surface area (Å²) >= 11 is 0. The first-order valence-electron chi connectivity index (χ1n) is 5.17. The summed E-state index contributed by atoms with van der Waals surface area (Å²) in [6.45, 7) is -0.0224. The molecule has 1 aliphatic rings. The Morgan fingerprint density at radius 2 is 2.24 bits per heavy atom. The molecule has 8 heteroatoms. The number of hydrogen-bond acceptors (Lipinski definition) is 3. The number of aromatic nitrogens is 3. The number of rotatable bonds is 4. The van der Waals surface area contributed by atoms with Gasteiger partial charge in [-0.2, -0.15) is 13.2 Å². The third-order valence-corrected chi connectivity index (χ3v) is 2.39. The van der Waals surface area contributed by atoms with Crippen molar-refractivity contribution in [2.45, 2.75) is 38.0 Å². The van der Waals surface area contributed by atoms with Gasteiger partial charge in [-0.05, 0) is 12.8 Å². The van der Waals surface area contributed by atoms with Gasteiger partial charge in [0.2, 0.25) is 5.91 Å². The molecule has 2 rings (SSSR count). The van der Waals surface area contributed by atoms with Crippen molar-refractivity contribution in [3.05, 3.63) is 12.2 Å². The highest BCUT2D eigenvalue weighted by atomic mass is 19.4. The van der Waals surface area contributed by atoms with Crippen LogP contribution in [0.2, 0.25) is 0 Å². The highest BCUT2D eigenvalue weighted by Crippen LogP contribution is 2.35. The molecule has 1 aromatic rings. The fourth-order valence-electron chi connectivity index (χ4n) is 1.47. The molecule has 1 amide bonds. The van der Waals surface area contributed by atoms with Crippen LogP contribution in [0.15, 0.2) is 6.33 Å². The minimum Gasteiger partial charge on any atom is -0.349 e. The lowest BCUT2D eigenvalue weighted by Gasteiger charge is -2.08. The molecular formula is C9H11F3N4O. The quantitative estimate of drug-likeness (QED) is 0.870. The second kappa shape index (κ2) is 4.34. The van der Waals surface area contributed by atoms with Gasteiger partial charge in [-0.25, -0.2) is 0 Å². The molecule has 0 bridgehead atoms. The Morgan fingerprint density at radius 1 is 1.53 bits per heavy atom. The first kappa shape index (κ1) is 11.9. The number of carbonyl (C=O) groups excluding carboxylic acids is 1. The van der Waals surface area contributed by atoms with Crippen LogP contribution in [0, 0.1) is 0 Å². The molecule has 5 nitrogen and oxygen atoms in total. The van der Waals surface area contributed by atoms with Crippen LogP contribution >= 0.6 is 0 Å². The number of hydrogen-bond donors (Lipinski definition) is 1. The molecule has 1 N–H and O–H groups in total. The monoisotopic (exact) mass is 248 g/mol. The van der Waals surface area contributed by atoms with Crippen LogP contribution in [0.25, 0.3) is 0 Å². The van der Waals surface area contributed by atoms with Crippen LogP contribution in [0.1, 0.15) is 31.1 Å². The molecule has 17 heavy (non-hydrogen) atoms. The Bertz CT molecular complexity index is 411. The minimum atomic E-state index is -4.48. The maximum Gasteiger partial charge on any atom is 0.397 e. The van der Waals surface area contributed by atoms with Crippen LogP contribution in [-0.2, 0) is 11.3 Å². The maximum absolute atomic E-state index is 11.9. The van der Waals surface area contributed by atoms with E-state index in [-0.39, 0.29) is 6.54 Å². The van der Waals surface area contributed by atoms with Crippen molar-refractivity contribution in [1.29, 1.82) is 0 Å². The van der Waals surface area contributed by atoms with Crippen molar-refractivity contribution < 1.29 is 18.0 Å². The van der Waals surface area contributed by atoms with Crippen molar-refractivity contribution in [2.24, 2.45) is 0 Å². The highest BCUT2D eigenvalue weighted by Gasteiger charge is 2.31. The number of nitrogens with zero attached hydrogens (tertiary/aromatic N) is 3. The standard InChI is InChI=1S/C9H11F3N4O/c10-9(11,12)3-8(17)13-4-7-15-14-5-16(7)6-1-2-6/h5-6H,1-4H2,(H,13,17). The molecular weight excluding hydrogens is 237 g/mol. The first-order valence-corrected chi connectivity index (χ1v) is 5.17. The Hall–Kier alpha value is -1.60. The third-order valence-electron chi connectivity index (χ3n) is 2.39. The number of alkyl halides is 3. The summed E-state index contributed by atoms with van der Waals surface area (Å²) in [6, 6.07) is 0.333. The van der Waals surface area contributed by atoms with E-state index in [0.717, 1.165) is 12.8 Å². The zero-order valence-corrected chi connectivity index (χ0v) is 8.87. The van der Waals surface area contributed by atoms with E-state index in [2.05, 4.69) is 15.5 Å². The molecule has 0 aromatic carbocycles. The zero-order chi connectivity index (χ0) is 12.5. The lowest BCUT2D eigenvalue weighted by Crippen LogP contribution is -2.29. The Labute approximate surface area is 95.0 Å². The topological polar surface area (TPSA) is 59.8 Å². The summed E-state index contributed by atoms with van der Waals surface area (Å²) in [7, 11) is 0. The number of carbonyl (C=O) groups is 1. The second-order valence-electron chi connectivity index (χ2n) is 3.95. The van der Waals surface area contributed by atoms with E-state index >= 15 is 0 Å². The Kier molecular flexibility index (Phi) is 3.03. The molecule has 1 aromatic heterocycles. The molecule has 1 heterocycles. The van der Waals surface area contributed by atoms with Gasteiger partial charge in [0.05, 0.1) is 6.54 Å². The van der Waals surface area contributed by atoms with Gasteiger partial charge < -0.3 is 9.88 Å². The molecule has 0 spiro atoms. The highest BCUT2D eigenvalue weighted by molar-refractivity contribution is 5.76. The van der Waals surface area contributed by atoms with Crippen molar-refractivity contribution in [1.82, 2.24) is 20.1 Å².